The topological polar surface area (TPSA) is 21.3 Å². The number of rotatable bonds is 3. The Bertz CT molecular complexity index is 413. The van der Waals surface area contributed by atoms with Crippen LogP contribution in [-0.2, 0) is 10.9 Å². The van der Waals surface area contributed by atoms with Crippen molar-refractivity contribution in [1.29, 1.82) is 0 Å². The third-order valence-corrected chi connectivity index (χ3v) is 3.36. The second-order valence-corrected chi connectivity index (χ2v) is 4.93. The standard InChI is InChI=1S/C14H18F3NO/c1-10(18-13-6-3-7-19-9-13)11-4-2-5-12(8-11)14(15,16)17/h2,4-5,8,10,13,18H,3,6-7,9H2,1H3. The monoisotopic (exact) mass is 273 g/mol. The molecule has 2 unspecified atom stereocenters. The first kappa shape index (κ1) is 14.3. The molecule has 0 saturated carbocycles. The van der Waals surface area contributed by atoms with Crippen LogP contribution in [0, 0.1) is 0 Å². The van der Waals surface area contributed by atoms with Gasteiger partial charge in [0.1, 0.15) is 0 Å². The Hall–Kier alpha value is -1.07. The highest BCUT2D eigenvalue weighted by atomic mass is 19.4. The Morgan fingerprint density at radius 1 is 1.37 bits per heavy atom. The summed E-state index contributed by atoms with van der Waals surface area (Å²) in [6, 6.07) is 5.58. The van der Waals surface area contributed by atoms with Crippen LogP contribution in [0.25, 0.3) is 0 Å². The van der Waals surface area contributed by atoms with Crippen molar-refractivity contribution >= 4 is 0 Å². The highest BCUT2D eigenvalue weighted by molar-refractivity contribution is 5.27. The second-order valence-electron chi connectivity index (χ2n) is 4.93. The first-order chi connectivity index (χ1) is 8.97. The van der Waals surface area contributed by atoms with Gasteiger partial charge in [-0.3, -0.25) is 0 Å². The maximum Gasteiger partial charge on any atom is 0.416 e. The highest BCUT2D eigenvalue weighted by Gasteiger charge is 2.30. The van der Waals surface area contributed by atoms with E-state index in [0.29, 0.717) is 12.2 Å². The van der Waals surface area contributed by atoms with E-state index in [1.807, 2.05) is 6.92 Å². The molecule has 0 radical (unpaired) electrons. The summed E-state index contributed by atoms with van der Waals surface area (Å²) < 4.78 is 43.3. The molecule has 0 bridgehead atoms. The minimum atomic E-state index is -4.29. The van der Waals surface area contributed by atoms with Crippen LogP contribution in [0.3, 0.4) is 0 Å². The maximum atomic E-state index is 12.6. The van der Waals surface area contributed by atoms with Crippen LogP contribution in [0.1, 0.15) is 36.9 Å². The van der Waals surface area contributed by atoms with E-state index in [-0.39, 0.29) is 12.1 Å². The molecule has 2 rings (SSSR count). The highest BCUT2D eigenvalue weighted by Crippen LogP contribution is 2.30. The van der Waals surface area contributed by atoms with E-state index in [9.17, 15) is 13.2 Å². The molecule has 0 spiro atoms. The van der Waals surface area contributed by atoms with Gasteiger partial charge in [0.15, 0.2) is 0 Å². The number of alkyl halides is 3. The van der Waals surface area contributed by atoms with Gasteiger partial charge in [-0.05, 0) is 37.5 Å². The van der Waals surface area contributed by atoms with Crippen LogP contribution < -0.4 is 5.32 Å². The van der Waals surface area contributed by atoms with Crippen LogP contribution in [0.5, 0.6) is 0 Å². The molecular weight excluding hydrogens is 255 g/mol. The van der Waals surface area contributed by atoms with Gasteiger partial charge in [0.05, 0.1) is 12.2 Å². The van der Waals surface area contributed by atoms with Gasteiger partial charge in [0, 0.05) is 18.7 Å². The van der Waals surface area contributed by atoms with Crippen molar-refractivity contribution in [3.05, 3.63) is 35.4 Å². The normalized spacial score (nSPS) is 22.2. The lowest BCUT2D eigenvalue weighted by Crippen LogP contribution is -2.38. The Morgan fingerprint density at radius 2 is 2.16 bits per heavy atom. The lowest BCUT2D eigenvalue weighted by molar-refractivity contribution is -0.137. The van der Waals surface area contributed by atoms with Gasteiger partial charge in [-0.2, -0.15) is 13.2 Å². The van der Waals surface area contributed by atoms with E-state index < -0.39 is 11.7 Å². The number of benzene rings is 1. The van der Waals surface area contributed by atoms with E-state index in [2.05, 4.69) is 5.32 Å². The summed E-state index contributed by atoms with van der Waals surface area (Å²) in [6.07, 6.45) is -2.29. The summed E-state index contributed by atoms with van der Waals surface area (Å²) in [4.78, 5) is 0. The predicted molar refractivity (Wildman–Crippen MR) is 66.8 cm³/mol. The van der Waals surface area contributed by atoms with Crippen LogP contribution in [0.15, 0.2) is 24.3 Å². The van der Waals surface area contributed by atoms with Crippen molar-refractivity contribution < 1.29 is 17.9 Å². The molecule has 2 atom stereocenters. The molecule has 1 aliphatic rings. The van der Waals surface area contributed by atoms with Gasteiger partial charge >= 0.3 is 6.18 Å². The molecule has 0 aliphatic carbocycles. The van der Waals surface area contributed by atoms with Gasteiger partial charge in [-0.25, -0.2) is 0 Å². The SMILES string of the molecule is CC(NC1CCCOC1)c1cccc(C(F)(F)F)c1. The Kier molecular flexibility index (Phi) is 4.47. The number of hydrogen-bond acceptors (Lipinski definition) is 2. The molecule has 1 aliphatic heterocycles. The minimum absolute atomic E-state index is 0.117. The molecule has 1 aromatic carbocycles. The third-order valence-electron chi connectivity index (χ3n) is 3.36. The average Bonchev–Trinajstić information content (AvgIpc) is 2.39. The minimum Gasteiger partial charge on any atom is -0.380 e. The van der Waals surface area contributed by atoms with Crippen molar-refractivity contribution in [2.45, 2.75) is 38.0 Å². The van der Waals surface area contributed by atoms with E-state index >= 15 is 0 Å². The summed E-state index contributed by atoms with van der Waals surface area (Å²) in [5, 5.41) is 3.32. The second kappa shape index (κ2) is 5.92. The number of hydrogen-bond donors (Lipinski definition) is 1. The molecule has 1 N–H and O–H groups in total. The van der Waals surface area contributed by atoms with Crippen LogP contribution in [-0.4, -0.2) is 19.3 Å². The van der Waals surface area contributed by atoms with Crippen molar-refractivity contribution in [3.8, 4) is 0 Å². The van der Waals surface area contributed by atoms with Gasteiger partial charge in [0.25, 0.3) is 0 Å². The zero-order chi connectivity index (χ0) is 13.9. The molecule has 106 valence electrons. The molecule has 1 heterocycles. The Balaban J connectivity index is 2.04. The molecule has 1 aromatic rings. The fourth-order valence-electron chi connectivity index (χ4n) is 2.31. The zero-order valence-electron chi connectivity index (χ0n) is 10.8. The Labute approximate surface area is 111 Å². The summed E-state index contributed by atoms with van der Waals surface area (Å²) >= 11 is 0. The van der Waals surface area contributed by atoms with Crippen molar-refractivity contribution in [2.75, 3.05) is 13.2 Å². The van der Waals surface area contributed by atoms with Gasteiger partial charge < -0.3 is 10.1 Å². The van der Waals surface area contributed by atoms with Gasteiger partial charge in [0.2, 0.25) is 0 Å². The molecular formula is C14H18F3NO. The summed E-state index contributed by atoms with van der Waals surface area (Å²) in [5.74, 6) is 0. The fourth-order valence-corrected chi connectivity index (χ4v) is 2.31. The van der Waals surface area contributed by atoms with Gasteiger partial charge in [-0.15, -0.1) is 0 Å². The predicted octanol–water partition coefficient (Wildman–Crippen LogP) is 3.54. The van der Waals surface area contributed by atoms with E-state index in [1.54, 1.807) is 6.07 Å². The number of ether oxygens (including phenoxy) is 1. The van der Waals surface area contributed by atoms with E-state index in [4.69, 9.17) is 4.74 Å². The number of nitrogens with one attached hydrogen (secondary N) is 1. The lowest BCUT2D eigenvalue weighted by Gasteiger charge is -2.27. The Morgan fingerprint density at radius 3 is 2.79 bits per heavy atom. The molecule has 19 heavy (non-hydrogen) atoms. The van der Waals surface area contributed by atoms with Crippen molar-refractivity contribution in [3.63, 3.8) is 0 Å². The zero-order valence-corrected chi connectivity index (χ0v) is 10.8. The number of halogens is 3. The molecule has 2 nitrogen and oxygen atoms in total. The van der Waals surface area contributed by atoms with Crippen LogP contribution in [0.4, 0.5) is 13.2 Å². The van der Waals surface area contributed by atoms with Crippen molar-refractivity contribution in [2.24, 2.45) is 0 Å². The largest absolute Gasteiger partial charge is 0.416 e. The summed E-state index contributed by atoms with van der Waals surface area (Å²) in [7, 11) is 0. The van der Waals surface area contributed by atoms with Crippen LogP contribution >= 0.6 is 0 Å². The summed E-state index contributed by atoms with van der Waals surface area (Å²) in [6.45, 7) is 3.28. The molecule has 5 heteroatoms. The molecule has 0 amide bonds. The first-order valence-corrected chi connectivity index (χ1v) is 6.48. The fraction of sp³-hybridized carbons (Fsp3) is 0.571. The van der Waals surface area contributed by atoms with Crippen molar-refractivity contribution in [1.82, 2.24) is 5.32 Å². The van der Waals surface area contributed by atoms with Crippen LogP contribution in [0.2, 0.25) is 0 Å². The van der Waals surface area contributed by atoms with E-state index in [1.165, 1.54) is 12.1 Å². The summed E-state index contributed by atoms with van der Waals surface area (Å²) in [5.41, 5.74) is 0.0546. The lowest BCUT2D eigenvalue weighted by atomic mass is 10.0. The average molecular weight is 273 g/mol. The molecule has 0 aromatic heterocycles. The third kappa shape index (κ3) is 3.94. The van der Waals surface area contributed by atoms with E-state index in [0.717, 1.165) is 25.5 Å². The first-order valence-electron chi connectivity index (χ1n) is 6.48. The van der Waals surface area contributed by atoms with Gasteiger partial charge in [-0.1, -0.05) is 12.1 Å². The molecule has 1 fully saturated rings. The quantitative estimate of drug-likeness (QED) is 0.909. The smallest absolute Gasteiger partial charge is 0.380 e. The molecule has 1 saturated heterocycles. The maximum absolute atomic E-state index is 12.6.